The Bertz CT molecular complexity index is 377. The summed E-state index contributed by atoms with van der Waals surface area (Å²) in [6, 6.07) is 6.68. The Labute approximate surface area is 76.2 Å². The molecule has 1 rings (SSSR count). The van der Waals surface area contributed by atoms with Crippen LogP contribution in [0.15, 0.2) is 18.2 Å². The summed E-state index contributed by atoms with van der Waals surface area (Å²) in [6.45, 7) is 1.96. The van der Waals surface area contributed by atoms with Crippen LogP contribution in [0, 0.1) is 11.3 Å². The summed E-state index contributed by atoms with van der Waals surface area (Å²) < 4.78 is 0. The molecular weight excluding hydrogens is 166 g/mol. The Morgan fingerprint density at radius 1 is 1.62 bits per heavy atom. The van der Waals surface area contributed by atoms with Gasteiger partial charge in [-0.3, -0.25) is 0 Å². The van der Waals surface area contributed by atoms with Gasteiger partial charge in [-0.15, -0.1) is 0 Å². The minimum Gasteiger partial charge on any atom is -0.478 e. The van der Waals surface area contributed by atoms with Gasteiger partial charge in [0, 0.05) is 0 Å². The Hall–Kier alpha value is -1.82. The first-order chi connectivity index (χ1) is 6.19. The van der Waals surface area contributed by atoms with Crippen LogP contribution in [0.3, 0.4) is 0 Å². The van der Waals surface area contributed by atoms with Crippen molar-refractivity contribution >= 4 is 5.97 Å². The molecule has 0 saturated heterocycles. The minimum absolute atomic E-state index is 0.0692. The number of aromatic carboxylic acids is 1. The molecule has 13 heavy (non-hydrogen) atoms. The van der Waals surface area contributed by atoms with Gasteiger partial charge in [0.05, 0.1) is 11.1 Å². The monoisotopic (exact) mass is 175 g/mol. The van der Waals surface area contributed by atoms with Crippen LogP contribution in [-0.4, -0.2) is 11.1 Å². The lowest BCUT2D eigenvalue weighted by atomic mass is 10.0. The molecule has 0 aliphatic heterocycles. The summed E-state index contributed by atoms with van der Waals surface area (Å²) in [4.78, 5) is 10.6. The van der Waals surface area contributed by atoms with E-state index in [9.17, 15) is 4.79 Å². The van der Waals surface area contributed by atoms with Gasteiger partial charge >= 0.3 is 5.97 Å². The number of aryl methyl sites for hydroxylation is 1. The first kappa shape index (κ1) is 9.27. The molecule has 0 unspecified atom stereocenters. The minimum atomic E-state index is -1.06. The summed E-state index contributed by atoms with van der Waals surface area (Å²) in [6.07, 6.45) is 0.800. The zero-order chi connectivity index (χ0) is 9.84. The first-order valence-corrected chi connectivity index (χ1v) is 3.95. The number of carboxylic acid groups (broad SMARTS) is 1. The molecule has 0 amide bonds. The van der Waals surface area contributed by atoms with Crippen molar-refractivity contribution in [3.05, 3.63) is 34.9 Å². The fourth-order valence-corrected chi connectivity index (χ4v) is 1.09. The maximum atomic E-state index is 10.6. The van der Waals surface area contributed by atoms with Crippen LogP contribution in [0.25, 0.3) is 0 Å². The second-order valence-corrected chi connectivity index (χ2v) is 2.65. The number of nitrogens with zero attached hydrogens (tertiary/aromatic N) is 1. The second kappa shape index (κ2) is 3.72. The molecule has 1 aromatic rings. The SMILES string of the molecule is CCc1ccc(C(=O)O)c(C#N)c1. The van der Waals surface area contributed by atoms with Crippen molar-refractivity contribution in [1.29, 1.82) is 5.26 Å². The van der Waals surface area contributed by atoms with Crippen molar-refractivity contribution < 1.29 is 9.90 Å². The van der Waals surface area contributed by atoms with Crippen LogP contribution < -0.4 is 0 Å². The molecule has 0 spiro atoms. The summed E-state index contributed by atoms with van der Waals surface area (Å²) in [7, 11) is 0. The Morgan fingerprint density at radius 2 is 2.31 bits per heavy atom. The van der Waals surface area contributed by atoms with Gasteiger partial charge in [-0.25, -0.2) is 4.79 Å². The zero-order valence-electron chi connectivity index (χ0n) is 7.24. The second-order valence-electron chi connectivity index (χ2n) is 2.65. The third-order valence-corrected chi connectivity index (χ3v) is 1.84. The molecule has 0 aromatic heterocycles. The van der Waals surface area contributed by atoms with Gasteiger partial charge in [0.15, 0.2) is 0 Å². The molecule has 0 radical (unpaired) electrons. The summed E-state index contributed by atoms with van der Waals surface area (Å²) in [5.41, 5.74) is 1.27. The van der Waals surface area contributed by atoms with Gasteiger partial charge < -0.3 is 5.11 Å². The molecule has 0 saturated carbocycles. The van der Waals surface area contributed by atoms with Crippen LogP contribution in [0.1, 0.15) is 28.4 Å². The fraction of sp³-hybridized carbons (Fsp3) is 0.200. The van der Waals surface area contributed by atoms with Crippen LogP contribution in [0.4, 0.5) is 0 Å². The maximum absolute atomic E-state index is 10.6. The Balaban J connectivity index is 3.26. The number of nitriles is 1. The molecule has 0 heterocycles. The van der Waals surface area contributed by atoms with Gasteiger partial charge in [-0.05, 0) is 24.1 Å². The maximum Gasteiger partial charge on any atom is 0.337 e. The third kappa shape index (κ3) is 1.85. The molecule has 1 N–H and O–H groups in total. The van der Waals surface area contributed by atoms with Gasteiger partial charge in [0.1, 0.15) is 6.07 Å². The first-order valence-electron chi connectivity index (χ1n) is 3.95. The number of hydrogen-bond acceptors (Lipinski definition) is 2. The molecule has 0 atom stereocenters. The van der Waals surface area contributed by atoms with E-state index in [1.165, 1.54) is 6.07 Å². The average Bonchev–Trinajstić information content (AvgIpc) is 2.16. The van der Waals surface area contributed by atoms with E-state index < -0.39 is 5.97 Å². The molecule has 0 aliphatic rings. The van der Waals surface area contributed by atoms with E-state index in [0.29, 0.717) is 0 Å². The number of carbonyl (C=O) groups is 1. The standard InChI is InChI=1S/C10H9NO2/c1-2-7-3-4-9(10(12)13)8(5-7)6-11/h3-5H,2H2,1H3,(H,12,13). The molecule has 0 aliphatic carbocycles. The van der Waals surface area contributed by atoms with Gasteiger partial charge in [0.25, 0.3) is 0 Å². The Morgan fingerprint density at radius 3 is 2.77 bits per heavy atom. The summed E-state index contributed by atoms with van der Waals surface area (Å²) in [5, 5.41) is 17.4. The van der Waals surface area contributed by atoms with E-state index >= 15 is 0 Å². The van der Waals surface area contributed by atoms with Crippen molar-refractivity contribution in [3.63, 3.8) is 0 Å². The van der Waals surface area contributed by atoms with Crippen molar-refractivity contribution in [2.24, 2.45) is 0 Å². The topological polar surface area (TPSA) is 61.1 Å². The van der Waals surface area contributed by atoms with Crippen LogP contribution in [0.2, 0.25) is 0 Å². The molecule has 0 fully saturated rings. The quantitative estimate of drug-likeness (QED) is 0.745. The van der Waals surface area contributed by atoms with Crippen molar-refractivity contribution in [2.45, 2.75) is 13.3 Å². The Kier molecular flexibility index (Phi) is 2.65. The molecule has 66 valence electrons. The molecule has 3 heteroatoms. The lowest BCUT2D eigenvalue weighted by molar-refractivity contribution is 0.0696. The van der Waals surface area contributed by atoms with Crippen molar-refractivity contribution in [1.82, 2.24) is 0 Å². The largest absolute Gasteiger partial charge is 0.478 e. The smallest absolute Gasteiger partial charge is 0.337 e. The van der Waals surface area contributed by atoms with E-state index in [2.05, 4.69) is 0 Å². The van der Waals surface area contributed by atoms with Crippen molar-refractivity contribution in [2.75, 3.05) is 0 Å². The van der Waals surface area contributed by atoms with E-state index in [0.717, 1.165) is 12.0 Å². The number of rotatable bonds is 2. The highest BCUT2D eigenvalue weighted by Crippen LogP contribution is 2.11. The van der Waals surface area contributed by atoms with Gasteiger partial charge in [-0.2, -0.15) is 5.26 Å². The zero-order valence-corrected chi connectivity index (χ0v) is 7.24. The predicted molar refractivity (Wildman–Crippen MR) is 47.5 cm³/mol. The highest BCUT2D eigenvalue weighted by atomic mass is 16.4. The van der Waals surface area contributed by atoms with Gasteiger partial charge in [0.2, 0.25) is 0 Å². The van der Waals surface area contributed by atoms with E-state index in [1.54, 1.807) is 12.1 Å². The lowest BCUT2D eigenvalue weighted by Gasteiger charge is -2.00. The predicted octanol–water partition coefficient (Wildman–Crippen LogP) is 1.82. The highest BCUT2D eigenvalue weighted by molar-refractivity contribution is 5.90. The lowest BCUT2D eigenvalue weighted by Crippen LogP contribution is -2.00. The van der Waals surface area contributed by atoms with E-state index in [-0.39, 0.29) is 11.1 Å². The van der Waals surface area contributed by atoms with Crippen LogP contribution in [-0.2, 0) is 6.42 Å². The fourth-order valence-electron chi connectivity index (χ4n) is 1.09. The summed E-state index contributed by atoms with van der Waals surface area (Å²) in [5.74, 6) is -1.06. The molecule has 1 aromatic carbocycles. The number of carboxylic acids is 1. The highest BCUT2D eigenvalue weighted by Gasteiger charge is 2.09. The third-order valence-electron chi connectivity index (χ3n) is 1.84. The number of hydrogen-bond donors (Lipinski definition) is 1. The molecule has 0 bridgehead atoms. The number of benzene rings is 1. The van der Waals surface area contributed by atoms with Crippen LogP contribution >= 0.6 is 0 Å². The van der Waals surface area contributed by atoms with E-state index in [1.807, 2.05) is 13.0 Å². The van der Waals surface area contributed by atoms with Crippen LogP contribution in [0.5, 0.6) is 0 Å². The molecule has 3 nitrogen and oxygen atoms in total. The molecular formula is C10H9NO2. The normalized spacial score (nSPS) is 9.23. The average molecular weight is 175 g/mol. The van der Waals surface area contributed by atoms with Gasteiger partial charge in [-0.1, -0.05) is 13.0 Å². The summed E-state index contributed by atoms with van der Waals surface area (Å²) >= 11 is 0. The van der Waals surface area contributed by atoms with Crippen molar-refractivity contribution in [3.8, 4) is 6.07 Å². The van der Waals surface area contributed by atoms with E-state index in [4.69, 9.17) is 10.4 Å².